The zero-order valence-corrected chi connectivity index (χ0v) is 19.5. The van der Waals surface area contributed by atoms with Crippen LogP contribution >= 0.6 is 11.6 Å². The monoisotopic (exact) mass is 483 g/mol. The normalized spacial score (nSPS) is 18.7. The summed E-state index contributed by atoms with van der Waals surface area (Å²) in [5.74, 6) is -1.78. The zero-order valence-electron chi connectivity index (χ0n) is 18.7. The third kappa shape index (κ3) is 3.79. The first-order valence-corrected chi connectivity index (χ1v) is 11.8. The fourth-order valence-electron chi connectivity index (χ4n) is 5.14. The van der Waals surface area contributed by atoms with Gasteiger partial charge in [-0.15, -0.1) is 11.6 Å². The highest BCUT2D eigenvalue weighted by Gasteiger charge is 2.35. The largest absolute Gasteiger partial charge is 0.368 e. The van der Waals surface area contributed by atoms with Crippen molar-refractivity contribution in [3.05, 3.63) is 64.4 Å². The SMILES string of the molecule is CN1CCN(c2ccc(C3c4[nH]c5c(F)cc(F)cc5c4CCN3C(=O)CCl)cc2C#N)CC1. The molecule has 3 aromatic rings. The fourth-order valence-corrected chi connectivity index (χ4v) is 5.30. The second kappa shape index (κ2) is 8.90. The van der Waals surface area contributed by atoms with Gasteiger partial charge in [0.15, 0.2) is 0 Å². The molecule has 1 fully saturated rings. The Hall–Kier alpha value is -3.15. The number of benzene rings is 2. The molecule has 6 nitrogen and oxygen atoms in total. The van der Waals surface area contributed by atoms with Gasteiger partial charge in [0.1, 0.15) is 23.6 Å². The van der Waals surface area contributed by atoms with Gasteiger partial charge in [0, 0.05) is 49.9 Å². The van der Waals surface area contributed by atoms with Crippen molar-refractivity contribution in [2.75, 3.05) is 50.6 Å². The number of likely N-dealkylation sites (N-methyl/N-ethyl adjacent to an activating group) is 1. The van der Waals surface area contributed by atoms with Gasteiger partial charge in [-0.05, 0) is 42.8 Å². The molecule has 5 rings (SSSR count). The number of aromatic amines is 1. The molecule has 1 aromatic heterocycles. The van der Waals surface area contributed by atoms with Crippen molar-refractivity contribution in [3.8, 4) is 6.07 Å². The molecule has 1 saturated heterocycles. The molecule has 3 heterocycles. The fraction of sp³-hybridized carbons (Fsp3) is 0.360. The van der Waals surface area contributed by atoms with Crippen LogP contribution in [0.25, 0.3) is 10.9 Å². The van der Waals surface area contributed by atoms with Crippen molar-refractivity contribution in [1.82, 2.24) is 14.8 Å². The quantitative estimate of drug-likeness (QED) is 0.576. The summed E-state index contributed by atoms with van der Waals surface area (Å²) in [5.41, 5.74) is 3.71. The molecule has 0 radical (unpaired) electrons. The van der Waals surface area contributed by atoms with Crippen LogP contribution in [0.1, 0.15) is 28.4 Å². The summed E-state index contributed by atoms with van der Waals surface area (Å²) in [6.45, 7) is 3.82. The predicted molar refractivity (Wildman–Crippen MR) is 127 cm³/mol. The van der Waals surface area contributed by atoms with Gasteiger partial charge in [0.05, 0.1) is 22.8 Å². The van der Waals surface area contributed by atoms with E-state index in [4.69, 9.17) is 11.6 Å². The number of rotatable bonds is 3. The van der Waals surface area contributed by atoms with Gasteiger partial charge in [0.2, 0.25) is 5.91 Å². The first-order valence-electron chi connectivity index (χ1n) is 11.2. The van der Waals surface area contributed by atoms with E-state index >= 15 is 0 Å². The third-order valence-electron chi connectivity index (χ3n) is 6.89. The highest BCUT2D eigenvalue weighted by molar-refractivity contribution is 6.27. The number of anilines is 1. The standard InChI is InChI=1S/C25H24ClF2N5O/c1-31-6-8-32(9-7-31)21-3-2-15(10-16(21)14-29)25-24-18(4-5-33(25)22(34)13-26)19-11-17(27)12-20(28)23(19)30-24/h2-3,10-12,25,30H,4-9,13H2,1H3. The second-order valence-electron chi connectivity index (χ2n) is 8.88. The number of nitrogens with one attached hydrogen (secondary N) is 1. The Kier molecular flexibility index (Phi) is 5.92. The molecule has 176 valence electrons. The molecule has 2 aliphatic rings. The summed E-state index contributed by atoms with van der Waals surface area (Å²) < 4.78 is 28.6. The van der Waals surface area contributed by atoms with Gasteiger partial charge in [-0.3, -0.25) is 4.79 Å². The Labute approximate surface area is 201 Å². The highest BCUT2D eigenvalue weighted by Crippen LogP contribution is 2.40. The van der Waals surface area contributed by atoms with Crippen LogP contribution in [0.15, 0.2) is 30.3 Å². The minimum atomic E-state index is -0.679. The van der Waals surface area contributed by atoms with E-state index in [0.29, 0.717) is 29.6 Å². The molecular weight excluding hydrogens is 460 g/mol. The Morgan fingerprint density at radius 2 is 1.94 bits per heavy atom. The Morgan fingerprint density at radius 3 is 2.65 bits per heavy atom. The van der Waals surface area contributed by atoms with E-state index in [1.165, 1.54) is 6.07 Å². The van der Waals surface area contributed by atoms with E-state index in [1.807, 2.05) is 12.1 Å². The lowest BCUT2D eigenvalue weighted by atomic mass is 9.91. The van der Waals surface area contributed by atoms with Crippen molar-refractivity contribution < 1.29 is 13.6 Å². The Balaban J connectivity index is 1.63. The number of fused-ring (bicyclic) bond motifs is 3. The number of piperazine rings is 1. The van der Waals surface area contributed by atoms with E-state index < -0.39 is 17.7 Å². The molecule has 1 N–H and O–H groups in total. The maximum absolute atomic E-state index is 14.6. The second-order valence-corrected chi connectivity index (χ2v) is 9.15. The Bertz CT molecular complexity index is 1310. The molecule has 1 unspecified atom stereocenters. The highest BCUT2D eigenvalue weighted by atomic mass is 35.5. The summed E-state index contributed by atoms with van der Waals surface area (Å²) >= 11 is 5.91. The zero-order chi connectivity index (χ0) is 24.0. The first kappa shape index (κ1) is 22.6. The van der Waals surface area contributed by atoms with E-state index in [0.717, 1.165) is 49.1 Å². The number of hydrogen-bond acceptors (Lipinski definition) is 4. The molecular formula is C25H24ClF2N5O. The van der Waals surface area contributed by atoms with Gasteiger partial charge in [-0.25, -0.2) is 8.78 Å². The van der Waals surface area contributed by atoms with Crippen molar-refractivity contribution >= 4 is 34.1 Å². The first-order chi connectivity index (χ1) is 16.4. The molecule has 2 aliphatic heterocycles. The van der Waals surface area contributed by atoms with Crippen LogP contribution in [0.2, 0.25) is 0 Å². The number of carbonyl (C=O) groups is 1. The number of halogens is 3. The van der Waals surface area contributed by atoms with E-state index in [-0.39, 0.29) is 17.3 Å². The topological polar surface area (TPSA) is 66.4 Å². The lowest BCUT2D eigenvalue weighted by molar-refractivity contribution is -0.130. The van der Waals surface area contributed by atoms with Gasteiger partial charge in [0.25, 0.3) is 0 Å². The Morgan fingerprint density at radius 1 is 1.18 bits per heavy atom. The van der Waals surface area contributed by atoms with Crippen LogP contribution in [-0.2, 0) is 11.2 Å². The van der Waals surface area contributed by atoms with Gasteiger partial charge >= 0.3 is 0 Å². The minimum Gasteiger partial charge on any atom is -0.368 e. The minimum absolute atomic E-state index is 0.195. The van der Waals surface area contributed by atoms with Crippen molar-refractivity contribution in [2.45, 2.75) is 12.5 Å². The molecule has 0 spiro atoms. The summed E-state index contributed by atoms with van der Waals surface area (Å²) in [4.78, 5) is 22.0. The molecule has 1 atom stereocenters. The summed E-state index contributed by atoms with van der Waals surface area (Å²) in [6, 6.07) is 9.51. The predicted octanol–water partition coefficient (Wildman–Crippen LogP) is 3.78. The third-order valence-corrected chi connectivity index (χ3v) is 7.12. The van der Waals surface area contributed by atoms with Gasteiger partial charge in [-0.2, -0.15) is 5.26 Å². The van der Waals surface area contributed by atoms with Gasteiger partial charge < -0.3 is 19.7 Å². The summed E-state index contributed by atoms with van der Waals surface area (Å²) in [5, 5.41) is 10.4. The lowest BCUT2D eigenvalue weighted by Crippen LogP contribution is -2.44. The summed E-state index contributed by atoms with van der Waals surface area (Å²) in [6.07, 6.45) is 0.446. The maximum atomic E-state index is 14.6. The van der Waals surface area contributed by atoms with Crippen LogP contribution in [-0.4, -0.2) is 66.3 Å². The lowest BCUT2D eigenvalue weighted by Gasteiger charge is -2.37. The average Bonchev–Trinajstić information content (AvgIpc) is 3.22. The van der Waals surface area contributed by atoms with E-state index in [9.17, 15) is 18.8 Å². The van der Waals surface area contributed by atoms with Crippen LogP contribution in [0.4, 0.5) is 14.5 Å². The molecule has 0 saturated carbocycles. The molecule has 9 heteroatoms. The van der Waals surface area contributed by atoms with Gasteiger partial charge in [-0.1, -0.05) is 6.07 Å². The number of hydrogen-bond donors (Lipinski definition) is 1. The van der Waals surface area contributed by atoms with E-state index in [2.05, 4.69) is 27.9 Å². The molecule has 0 aliphatic carbocycles. The number of alkyl halides is 1. The molecule has 2 aromatic carbocycles. The summed E-state index contributed by atoms with van der Waals surface area (Å²) in [7, 11) is 2.07. The van der Waals surface area contributed by atoms with E-state index in [1.54, 1.807) is 11.0 Å². The number of nitriles is 1. The molecule has 0 bridgehead atoms. The van der Waals surface area contributed by atoms with Crippen molar-refractivity contribution in [3.63, 3.8) is 0 Å². The van der Waals surface area contributed by atoms with Crippen molar-refractivity contribution in [2.24, 2.45) is 0 Å². The molecule has 1 amide bonds. The van der Waals surface area contributed by atoms with Crippen LogP contribution < -0.4 is 4.90 Å². The van der Waals surface area contributed by atoms with Crippen LogP contribution in [0.3, 0.4) is 0 Å². The molecule has 34 heavy (non-hydrogen) atoms. The van der Waals surface area contributed by atoms with Crippen molar-refractivity contribution in [1.29, 1.82) is 5.26 Å². The average molecular weight is 484 g/mol. The van der Waals surface area contributed by atoms with Crippen LogP contribution in [0.5, 0.6) is 0 Å². The number of nitrogens with zero attached hydrogens (tertiary/aromatic N) is 4. The number of amides is 1. The number of H-pyrrole nitrogens is 1. The smallest absolute Gasteiger partial charge is 0.238 e. The number of carbonyl (C=O) groups excluding carboxylic acids is 1. The number of aromatic nitrogens is 1. The maximum Gasteiger partial charge on any atom is 0.238 e. The van der Waals surface area contributed by atoms with Crippen LogP contribution in [0, 0.1) is 23.0 Å².